The fourth-order valence-electron chi connectivity index (χ4n) is 0.658. The summed E-state index contributed by atoms with van der Waals surface area (Å²) in [5.41, 5.74) is 1.97. The molecule has 0 atom stereocenters. The molecule has 13 heavy (non-hydrogen) atoms. The van der Waals surface area contributed by atoms with Crippen molar-refractivity contribution in [3.63, 3.8) is 0 Å². The summed E-state index contributed by atoms with van der Waals surface area (Å²) in [6, 6.07) is 0. The van der Waals surface area contributed by atoms with Crippen LogP contribution in [0, 0.1) is 0 Å². The molecule has 0 fully saturated rings. The third-order valence-electron chi connectivity index (χ3n) is 1.16. The fourth-order valence-corrected chi connectivity index (χ4v) is 1.36. The Morgan fingerprint density at radius 2 is 1.85 bits per heavy atom. The molecule has 0 aromatic heterocycles. The number of allylic oxidation sites excluding steroid dienone is 4. The van der Waals surface area contributed by atoms with E-state index in [1.54, 1.807) is 19.3 Å². The second-order valence-corrected chi connectivity index (χ2v) is 2.99. The van der Waals surface area contributed by atoms with E-state index in [-0.39, 0.29) is 0 Å². The van der Waals surface area contributed by atoms with Crippen molar-refractivity contribution in [2.45, 2.75) is 6.92 Å². The van der Waals surface area contributed by atoms with E-state index in [9.17, 15) is 0 Å². The number of hydrogen-bond acceptors (Lipinski definition) is 1. The van der Waals surface area contributed by atoms with E-state index >= 15 is 0 Å². The summed E-state index contributed by atoms with van der Waals surface area (Å²) in [4.78, 5) is 3.87. The van der Waals surface area contributed by atoms with Gasteiger partial charge in [0.05, 0.1) is 0 Å². The lowest BCUT2D eigenvalue weighted by atomic mass is 10.1. The number of rotatable bonds is 3. The average Bonchev–Trinajstić information content (AvgIpc) is 2.09. The molecule has 0 radical (unpaired) electrons. The molecule has 0 heterocycles. The SMILES string of the molecule is C=C.C=C/C(C(=C)C)=C(\Br)C=NC. The fraction of sp³-hybridized carbons (Fsp3) is 0.182. The largest absolute Gasteiger partial charge is 0.295 e. The average molecular weight is 242 g/mol. The van der Waals surface area contributed by atoms with Crippen molar-refractivity contribution in [3.8, 4) is 0 Å². The highest BCUT2D eigenvalue weighted by Gasteiger charge is 1.97. The van der Waals surface area contributed by atoms with E-state index in [0.717, 1.165) is 15.6 Å². The van der Waals surface area contributed by atoms with Crippen LogP contribution in [0.1, 0.15) is 6.92 Å². The Labute approximate surface area is 89.4 Å². The molecule has 1 nitrogen and oxygen atoms in total. The van der Waals surface area contributed by atoms with Gasteiger partial charge in [-0.3, -0.25) is 4.99 Å². The van der Waals surface area contributed by atoms with E-state index in [1.807, 2.05) is 6.92 Å². The first-order chi connectivity index (χ1) is 6.13. The van der Waals surface area contributed by atoms with E-state index in [1.165, 1.54) is 0 Å². The van der Waals surface area contributed by atoms with Gasteiger partial charge in [-0.25, -0.2) is 0 Å². The zero-order valence-electron chi connectivity index (χ0n) is 8.31. The smallest absolute Gasteiger partial charge is 0.0428 e. The molecule has 0 aromatic carbocycles. The molecule has 0 bridgehead atoms. The number of aliphatic imine (C=N–C) groups is 1. The predicted molar refractivity (Wildman–Crippen MR) is 66.6 cm³/mol. The minimum atomic E-state index is 0.919. The minimum absolute atomic E-state index is 0.919. The first-order valence-corrected chi connectivity index (χ1v) is 4.53. The maximum Gasteiger partial charge on any atom is 0.0428 e. The van der Waals surface area contributed by atoms with Gasteiger partial charge in [0.2, 0.25) is 0 Å². The number of nitrogens with zero attached hydrogens (tertiary/aromatic N) is 1. The van der Waals surface area contributed by atoms with Crippen LogP contribution >= 0.6 is 15.9 Å². The van der Waals surface area contributed by atoms with Crippen molar-refractivity contribution >= 4 is 22.1 Å². The van der Waals surface area contributed by atoms with Crippen LogP contribution in [0.5, 0.6) is 0 Å². The van der Waals surface area contributed by atoms with E-state index < -0.39 is 0 Å². The summed E-state index contributed by atoms with van der Waals surface area (Å²) in [5.74, 6) is 0. The lowest BCUT2D eigenvalue weighted by Crippen LogP contribution is -1.84. The summed E-state index contributed by atoms with van der Waals surface area (Å²) in [6.45, 7) is 15.4. The molecular formula is C11H16BrN. The molecule has 0 aliphatic heterocycles. The zero-order chi connectivity index (χ0) is 10.9. The van der Waals surface area contributed by atoms with Gasteiger partial charge < -0.3 is 0 Å². The molecule has 72 valence electrons. The van der Waals surface area contributed by atoms with Crippen LogP contribution in [-0.4, -0.2) is 13.3 Å². The van der Waals surface area contributed by atoms with Crippen LogP contribution in [0.4, 0.5) is 0 Å². The second kappa shape index (κ2) is 9.20. The molecule has 2 heteroatoms. The first-order valence-electron chi connectivity index (χ1n) is 3.73. The summed E-state index contributed by atoms with van der Waals surface area (Å²) < 4.78 is 0.919. The second-order valence-electron chi connectivity index (χ2n) is 2.13. The van der Waals surface area contributed by atoms with E-state index in [4.69, 9.17) is 0 Å². The monoisotopic (exact) mass is 241 g/mol. The third-order valence-corrected chi connectivity index (χ3v) is 1.80. The van der Waals surface area contributed by atoms with Gasteiger partial charge in [0.25, 0.3) is 0 Å². The number of hydrogen-bond donors (Lipinski definition) is 0. The molecule has 0 spiro atoms. The lowest BCUT2D eigenvalue weighted by Gasteiger charge is -2.00. The van der Waals surface area contributed by atoms with Gasteiger partial charge in [0.1, 0.15) is 0 Å². The van der Waals surface area contributed by atoms with Crippen LogP contribution in [0.2, 0.25) is 0 Å². The highest BCUT2D eigenvalue weighted by molar-refractivity contribution is 9.12. The standard InChI is InChI=1S/C9H12BrN.C2H4/c1-5-8(7(2)3)9(10)6-11-4;1-2/h5-6H,1-2H2,3-4H3;1-2H2/b9-8+,11-6?;. The Morgan fingerprint density at radius 3 is 2.08 bits per heavy atom. The maximum absolute atomic E-state index is 3.87. The van der Waals surface area contributed by atoms with Crippen molar-refractivity contribution in [2.75, 3.05) is 7.05 Å². The Kier molecular flexibility index (Phi) is 10.3. The van der Waals surface area contributed by atoms with Gasteiger partial charge in [0.15, 0.2) is 0 Å². The molecule has 0 saturated carbocycles. The normalized spacial score (nSPS) is 11.3. The summed E-state index contributed by atoms with van der Waals surface area (Å²) in [7, 11) is 1.72. The molecule has 0 amide bonds. The topological polar surface area (TPSA) is 12.4 Å². The van der Waals surface area contributed by atoms with Crippen molar-refractivity contribution < 1.29 is 0 Å². The number of halogens is 1. The lowest BCUT2D eigenvalue weighted by molar-refractivity contribution is 1.44. The van der Waals surface area contributed by atoms with Gasteiger partial charge in [-0.15, -0.1) is 13.2 Å². The van der Waals surface area contributed by atoms with Crippen LogP contribution in [-0.2, 0) is 0 Å². The van der Waals surface area contributed by atoms with E-state index in [2.05, 4.69) is 47.2 Å². The Balaban J connectivity index is 0. The Morgan fingerprint density at radius 1 is 1.38 bits per heavy atom. The van der Waals surface area contributed by atoms with Crippen LogP contribution in [0.3, 0.4) is 0 Å². The minimum Gasteiger partial charge on any atom is -0.295 e. The van der Waals surface area contributed by atoms with Crippen molar-refractivity contribution in [1.29, 1.82) is 0 Å². The molecule has 0 aromatic rings. The molecule has 0 aliphatic rings. The van der Waals surface area contributed by atoms with Gasteiger partial charge in [-0.05, 0) is 34.0 Å². The van der Waals surface area contributed by atoms with Gasteiger partial charge in [-0.1, -0.05) is 19.2 Å². The van der Waals surface area contributed by atoms with Crippen LogP contribution in [0.25, 0.3) is 0 Å². The van der Waals surface area contributed by atoms with Gasteiger partial charge >= 0.3 is 0 Å². The molecular weight excluding hydrogens is 226 g/mol. The van der Waals surface area contributed by atoms with Gasteiger partial charge in [-0.2, -0.15) is 0 Å². The Bertz CT molecular complexity index is 236. The predicted octanol–water partition coefficient (Wildman–Crippen LogP) is 3.90. The van der Waals surface area contributed by atoms with Crippen molar-refractivity contribution in [3.05, 3.63) is 48.0 Å². The molecule has 0 aliphatic carbocycles. The summed E-state index contributed by atoms with van der Waals surface area (Å²) in [6.07, 6.45) is 3.49. The Hall–Kier alpha value is -0.890. The third kappa shape index (κ3) is 6.29. The van der Waals surface area contributed by atoms with Crippen molar-refractivity contribution in [2.24, 2.45) is 4.99 Å². The van der Waals surface area contributed by atoms with Crippen LogP contribution < -0.4 is 0 Å². The quantitative estimate of drug-likeness (QED) is 0.404. The van der Waals surface area contributed by atoms with Crippen LogP contribution in [0.15, 0.2) is 53.0 Å². The molecule has 0 N–H and O–H groups in total. The first kappa shape index (κ1) is 14.6. The van der Waals surface area contributed by atoms with Crippen molar-refractivity contribution in [1.82, 2.24) is 0 Å². The highest BCUT2D eigenvalue weighted by Crippen LogP contribution is 2.17. The summed E-state index contributed by atoms with van der Waals surface area (Å²) in [5, 5.41) is 0. The highest BCUT2D eigenvalue weighted by atomic mass is 79.9. The zero-order valence-corrected chi connectivity index (χ0v) is 9.89. The maximum atomic E-state index is 3.87. The van der Waals surface area contributed by atoms with Gasteiger partial charge in [0, 0.05) is 17.7 Å². The molecule has 0 unspecified atom stereocenters. The molecule has 0 rings (SSSR count). The summed E-state index contributed by atoms with van der Waals surface area (Å²) >= 11 is 3.36. The van der Waals surface area contributed by atoms with E-state index in [0.29, 0.717) is 0 Å². The molecule has 0 saturated heterocycles.